The second-order valence-corrected chi connectivity index (χ2v) is 6.24. The fourth-order valence-electron chi connectivity index (χ4n) is 2.77. The molecule has 0 aliphatic carbocycles. The van der Waals surface area contributed by atoms with E-state index in [1.54, 1.807) is 9.47 Å². The quantitative estimate of drug-likeness (QED) is 0.787. The smallest absolute Gasteiger partial charge is 0.280 e. The van der Waals surface area contributed by atoms with Crippen molar-refractivity contribution in [2.75, 3.05) is 12.3 Å². The van der Waals surface area contributed by atoms with Crippen molar-refractivity contribution in [1.82, 2.24) is 24.4 Å². The molecule has 3 N–H and O–H groups in total. The lowest BCUT2D eigenvalue weighted by Crippen LogP contribution is -2.40. The summed E-state index contributed by atoms with van der Waals surface area (Å²) >= 11 is 11.3. The van der Waals surface area contributed by atoms with Gasteiger partial charge in [-0.05, 0) is 12.8 Å². The van der Waals surface area contributed by atoms with E-state index in [0.717, 1.165) is 12.8 Å². The molecule has 2 aromatic rings. The van der Waals surface area contributed by atoms with Crippen molar-refractivity contribution in [2.24, 2.45) is 0 Å². The van der Waals surface area contributed by atoms with E-state index in [4.69, 9.17) is 28.9 Å². The predicted octanol–water partition coefficient (Wildman–Crippen LogP) is 0.496. The molecule has 1 aliphatic rings. The topological polar surface area (TPSA) is 110 Å². The van der Waals surface area contributed by atoms with Crippen LogP contribution in [0.1, 0.15) is 12.8 Å². The number of rotatable bonds is 3. The van der Waals surface area contributed by atoms with Gasteiger partial charge in [-0.15, -0.1) is 0 Å². The minimum absolute atomic E-state index is 0.0279. The van der Waals surface area contributed by atoms with Gasteiger partial charge in [0.1, 0.15) is 0 Å². The molecule has 0 bridgehead atoms. The summed E-state index contributed by atoms with van der Waals surface area (Å²) in [7, 11) is 0. The number of carbonyl (C=O) groups is 1. The highest BCUT2D eigenvalue weighted by molar-refractivity contribution is 6.53. The van der Waals surface area contributed by atoms with Gasteiger partial charge in [-0.25, -0.2) is 4.98 Å². The molecular formula is C12H14Cl2N6O2. The second kappa shape index (κ2) is 5.77. The Kier molecular flexibility index (Phi) is 3.96. The van der Waals surface area contributed by atoms with Crippen LogP contribution in [0.5, 0.6) is 0 Å². The van der Waals surface area contributed by atoms with Crippen molar-refractivity contribution in [2.45, 2.75) is 30.3 Å². The van der Waals surface area contributed by atoms with Gasteiger partial charge in [0.05, 0.1) is 6.33 Å². The number of nitrogen functional groups attached to an aromatic ring is 1. The summed E-state index contributed by atoms with van der Waals surface area (Å²) < 4.78 is 1.72. The molecule has 0 radical (unpaired) electrons. The van der Waals surface area contributed by atoms with E-state index < -0.39 is 4.84 Å². The molecule has 0 saturated carbocycles. The largest absolute Gasteiger partial charge is 0.369 e. The first kappa shape index (κ1) is 15.1. The fourth-order valence-corrected chi connectivity index (χ4v) is 3.02. The van der Waals surface area contributed by atoms with Gasteiger partial charge in [0.2, 0.25) is 5.95 Å². The highest BCUT2D eigenvalue weighted by Gasteiger charge is 2.32. The average Bonchev–Trinajstić information content (AvgIpc) is 3.06. The molecule has 8 nitrogen and oxygen atoms in total. The molecule has 1 atom stereocenters. The third-order valence-electron chi connectivity index (χ3n) is 3.75. The molecule has 1 amide bonds. The number of imidazole rings is 1. The van der Waals surface area contributed by atoms with E-state index in [2.05, 4.69) is 15.0 Å². The SMILES string of the molecule is Nc1nc2c(ncn2CC2CCCN2C(=O)C(Cl)Cl)c(=O)[nH]1. The molecule has 1 fully saturated rings. The van der Waals surface area contributed by atoms with Crippen molar-refractivity contribution < 1.29 is 4.79 Å². The maximum atomic E-state index is 12.0. The Bertz CT molecular complexity index is 771. The minimum atomic E-state index is -1.07. The number of hydrogen-bond donors (Lipinski definition) is 2. The van der Waals surface area contributed by atoms with Crippen LogP contribution < -0.4 is 11.3 Å². The van der Waals surface area contributed by atoms with Crippen molar-refractivity contribution in [3.8, 4) is 0 Å². The standard InChI is InChI=1S/C12H14Cl2N6O2/c13-8(14)11(22)20-3-1-2-6(20)4-19-5-16-7-9(19)17-12(15)18-10(7)21/h5-6,8H,1-4H2,(H3,15,17,18,21). The van der Waals surface area contributed by atoms with Gasteiger partial charge in [-0.3, -0.25) is 14.6 Å². The summed E-state index contributed by atoms with van der Waals surface area (Å²) in [6.45, 7) is 1.07. The third kappa shape index (κ3) is 2.64. The van der Waals surface area contributed by atoms with Crippen molar-refractivity contribution in [3.05, 3.63) is 16.7 Å². The number of likely N-dealkylation sites (tertiary alicyclic amines) is 1. The maximum Gasteiger partial charge on any atom is 0.280 e. The molecule has 10 heteroatoms. The zero-order valence-electron chi connectivity index (χ0n) is 11.5. The number of halogens is 2. The summed E-state index contributed by atoms with van der Waals surface area (Å²) in [5, 5.41) is 0. The summed E-state index contributed by atoms with van der Waals surface area (Å²) in [4.78, 5) is 34.9. The number of amides is 1. The van der Waals surface area contributed by atoms with Crippen LogP contribution >= 0.6 is 23.2 Å². The van der Waals surface area contributed by atoms with E-state index in [9.17, 15) is 9.59 Å². The Morgan fingerprint density at radius 1 is 1.55 bits per heavy atom. The van der Waals surface area contributed by atoms with Gasteiger partial charge in [-0.2, -0.15) is 4.98 Å². The van der Waals surface area contributed by atoms with E-state index in [0.29, 0.717) is 18.7 Å². The molecule has 1 saturated heterocycles. The summed E-state index contributed by atoms with van der Waals surface area (Å²) in [6, 6.07) is -0.0628. The molecule has 1 aliphatic heterocycles. The number of anilines is 1. The Balaban J connectivity index is 1.90. The summed E-state index contributed by atoms with van der Waals surface area (Å²) in [5.74, 6) is -0.277. The van der Waals surface area contributed by atoms with Crippen LogP contribution in [-0.4, -0.2) is 47.7 Å². The fraction of sp³-hybridized carbons (Fsp3) is 0.500. The van der Waals surface area contributed by atoms with Crippen LogP contribution in [0.15, 0.2) is 11.1 Å². The Morgan fingerprint density at radius 2 is 2.32 bits per heavy atom. The average molecular weight is 345 g/mol. The van der Waals surface area contributed by atoms with Crippen LogP contribution in [-0.2, 0) is 11.3 Å². The monoisotopic (exact) mass is 344 g/mol. The van der Waals surface area contributed by atoms with E-state index in [-0.39, 0.29) is 29.0 Å². The highest BCUT2D eigenvalue weighted by Crippen LogP contribution is 2.23. The molecule has 0 spiro atoms. The molecule has 22 heavy (non-hydrogen) atoms. The Morgan fingerprint density at radius 3 is 3.05 bits per heavy atom. The van der Waals surface area contributed by atoms with Gasteiger partial charge >= 0.3 is 0 Å². The van der Waals surface area contributed by atoms with Crippen LogP contribution in [0.3, 0.4) is 0 Å². The molecule has 2 aromatic heterocycles. The molecular weight excluding hydrogens is 331 g/mol. The normalized spacial score (nSPS) is 18.5. The number of nitrogens with zero attached hydrogens (tertiary/aromatic N) is 4. The first-order chi connectivity index (χ1) is 10.5. The Labute approximate surface area is 135 Å². The van der Waals surface area contributed by atoms with Gasteiger partial charge in [-0.1, -0.05) is 23.2 Å². The van der Waals surface area contributed by atoms with E-state index in [1.165, 1.54) is 6.33 Å². The number of aromatic amines is 1. The van der Waals surface area contributed by atoms with Gasteiger partial charge in [0.15, 0.2) is 16.0 Å². The van der Waals surface area contributed by atoms with Crippen LogP contribution in [0.4, 0.5) is 5.95 Å². The number of H-pyrrole nitrogens is 1. The lowest BCUT2D eigenvalue weighted by Gasteiger charge is -2.25. The summed E-state index contributed by atoms with van der Waals surface area (Å²) in [5.41, 5.74) is 5.80. The minimum Gasteiger partial charge on any atom is -0.369 e. The second-order valence-electron chi connectivity index (χ2n) is 5.15. The van der Waals surface area contributed by atoms with Crippen molar-refractivity contribution >= 4 is 46.2 Å². The number of fused-ring (bicyclic) bond motifs is 1. The molecule has 3 heterocycles. The highest BCUT2D eigenvalue weighted by atomic mass is 35.5. The summed E-state index contributed by atoms with van der Waals surface area (Å²) in [6.07, 6.45) is 3.22. The number of nitrogens with one attached hydrogen (secondary N) is 1. The Hall–Kier alpha value is -1.80. The van der Waals surface area contributed by atoms with Gasteiger partial charge in [0.25, 0.3) is 11.5 Å². The van der Waals surface area contributed by atoms with Crippen molar-refractivity contribution in [3.63, 3.8) is 0 Å². The molecule has 1 unspecified atom stereocenters. The first-order valence-corrected chi connectivity index (χ1v) is 7.64. The lowest BCUT2D eigenvalue weighted by atomic mass is 10.2. The molecule has 3 rings (SSSR count). The van der Waals surface area contributed by atoms with Crippen molar-refractivity contribution in [1.29, 1.82) is 0 Å². The number of alkyl halides is 2. The lowest BCUT2D eigenvalue weighted by molar-refractivity contribution is -0.130. The third-order valence-corrected chi connectivity index (χ3v) is 4.12. The maximum absolute atomic E-state index is 12.0. The number of carbonyl (C=O) groups excluding carboxylic acids is 1. The van der Waals surface area contributed by atoms with Crippen LogP contribution in [0.2, 0.25) is 0 Å². The van der Waals surface area contributed by atoms with Crippen LogP contribution in [0, 0.1) is 0 Å². The first-order valence-electron chi connectivity index (χ1n) is 6.76. The zero-order valence-corrected chi connectivity index (χ0v) is 13.0. The van der Waals surface area contributed by atoms with Crippen LogP contribution in [0.25, 0.3) is 11.2 Å². The van der Waals surface area contributed by atoms with E-state index in [1.807, 2.05) is 0 Å². The zero-order chi connectivity index (χ0) is 15.9. The predicted molar refractivity (Wildman–Crippen MR) is 82.8 cm³/mol. The number of hydrogen-bond acceptors (Lipinski definition) is 5. The van der Waals surface area contributed by atoms with Gasteiger partial charge < -0.3 is 15.2 Å². The van der Waals surface area contributed by atoms with E-state index >= 15 is 0 Å². The molecule has 0 aromatic carbocycles. The number of aromatic nitrogens is 4. The number of nitrogens with two attached hydrogens (primary N) is 1. The molecule has 118 valence electrons. The van der Waals surface area contributed by atoms with Gasteiger partial charge in [0, 0.05) is 19.1 Å².